The Kier molecular flexibility index (Phi) is 2.00. The number of aromatic nitrogens is 4. The summed E-state index contributed by atoms with van der Waals surface area (Å²) in [4.78, 5) is 22.5. The molecule has 0 aliphatic rings. The molecule has 2 rings (SSSR count). The van der Waals surface area contributed by atoms with Crippen LogP contribution in [0.1, 0.15) is 13.0 Å². The van der Waals surface area contributed by atoms with Gasteiger partial charge in [-0.1, -0.05) is 0 Å². The van der Waals surface area contributed by atoms with Crippen LogP contribution in [0.15, 0.2) is 12.7 Å². The minimum atomic E-state index is -0.961. The predicted octanol–water partition coefficient (Wildman–Crippen LogP) is 0.0541. The summed E-state index contributed by atoms with van der Waals surface area (Å²) in [7, 11) is 0. The summed E-state index contributed by atoms with van der Waals surface area (Å²) >= 11 is 0. The Hall–Kier alpha value is -2.18. The number of nitrogen functional groups attached to an aromatic ring is 1. The van der Waals surface area contributed by atoms with E-state index in [1.165, 1.54) is 24.1 Å². The Morgan fingerprint density at radius 2 is 2.27 bits per heavy atom. The predicted molar refractivity (Wildman–Crippen MR) is 52.1 cm³/mol. The molecule has 0 amide bonds. The minimum absolute atomic E-state index is 0.227. The summed E-state index contributed by atoms with van der Waals surface area (Å²) in [6, 6.07) is -0.747. The number of carboxylic acid groups (broad SMARTS) is 1. The third-order valence-electron chi connectivity index (χ3n) is 2.17. The molecule has 0 fully saturated rings. The monoisotopic (exact) mass is 207 g/mol. The molecule has 78 valence electrons. The van der Waals surface area contributed by atoms with Crippen molar-refractivity contribution in [2.45, 2.75) is 13.0 Å². The van der Waals surface area contributed by atoms with Gasteiger partial charge in [-0.25, -0.2) is 19.7 Å². The highest BCUT2D eigenvalue weighted by Gasteiger charge is 2.18. The zero-order valence-corrected chi connectivity index (χ0v) is 7.95. The fraction of sp³-hybridized carbons (Fsp3) is 0.250. The maximum atomic E-state index is 10.8. The normalized spacial score (nSPS) is 12.9. The molecule has 3 N–H and O–H groups in total. The van der Waals surface area contributed by atoms with Gasteiger partial charge >= 0.3 is 5.97 Å². The van der Waals surface area contributed by atoms with Crippen LogP contribution in [0.3, 0.4) is 0 Å². The van der Waals surface area contributed by atoms with Crippen LogP contribution in [0.4, 0.5) is 5.82 Å². The van der Waals surface area contributed by atoms with E-state index in [2.05, 4.69) is 15.0 Å². The Balaban J connectivity index is 2.67. The quantitative estimate of drug-likeness (QED) is 0.720. The molecule has 1 unspecified atom stereocenters. The van der Waals surface area contributed by atoms with Gasteiger partial charge in [0, 0.05) is 0 Å². The van der Waals surface area contributed by atoms with Gasteiger partial charge in [-0.3, -0.25) is 0 Å². The fourth-order valence-corrected chi connectivity index (χ4v) is 1.31. The third kappa shape index (κ3) is 1.37. The Morgan fingerprint density at radius 1 is 1.53 bits per heavy atom. The van der Waals surface area contributed by atoms with Gasteiger partial charge in [-0.15, -0.1) is 0 Å². The van der Waals surface area contributed by atoms with E-state index in [9.17, 15) is 4.79 Å². The zero-order chi connectivity index (χ0) is 11.0. The largest absolute Gasteiger partial charge is 0.480 e. The number of hydrogen-bond donors (Lipinski definition) is 2. The van der Waals surface area contributed by atoms with Crippen molar-refractivity contribution in [1.82, 2.24) is 19.5 Å². The lowest BCUT2D eigenvalue weighted by atomic mass is 10.3. The second kappa shape index (κ2) is 3.19. The number of carbonyl (C=O) groups is 1. The molecule has 7 nitrogen and oxygen atoms in total. The maximum absolute atomic E-state index is 10.8. The molecule has 0 spiro atoms. The number of fused-ring (bicyclic) bond motifs is 1. The van der Waals surface area contributed by atoms with E-state index >= 15 is 0 Å². The van der Waals surface area contributed by atoms with Crippen LogP contribution in [0.2, 0.25) is 0 Å². The van der Waals surface area contributed by atoms with Crippen LogP contribution in [-0.2, 0) is 4.79 Å². The Labute approximate surface area is 84.6 Å². The molecule has 0 radical (unpaired) electrons. The Bertz CT molecular complexity index is 521. The lowest BCUT2D eigenvalue weighted by molar-refractivity contribution is -0.140. The van der Waals surface area contributed by atoms with Crippen LogP contribution < -0.4 is 5.73 Å². The number of hydrogen-bond acceptors (Lipinski definition) is 5. The molecule has 2 aromatic heterocycles. The summed E-state index contributed by atoms with van der Waals surface area (Å²) < 4.78 is 1.44. The smallest absolute Gasteiger partial charge is 0.326 e. The van der Waals surface area contributed by atoms with Crippen molar-refractivity contribution in [3.8, 4) is 0 Å². The summed E-state index contributed by atoms with van der Waals surface area (Å²) in [6.07, 6.45) is 2.69. The fourth-order valence-electron chi connectivity index (χ4n) is 1.31. The minimum Gasteiger partial charge on any atom is -0.480 e. The van der Waals surface area contributed by atoms with E-state index in [1.54, 1.807) is 0 Å². The molecule has 2 aromatic rings. The average Bonchev–Trinajstić information content (AvgIpc) is 2.61. The van der Waals surface area contributed by atoms with E-state index in [1.807, 2.05) is 0 Å². The summed E-state index contributed by atoms with van der Waals surface area (Å²) in [5.74, 6) is -0.733. The highest BCUT2D eigenvalue weighted by Crippen LogP contribution is 2.19. The van der Waals surface area contributed by atoms with Gasteiger partial charge < -0.3 is 15.4 Å². The summed E-state index contributed by atoms with van der Waals surface area (Å²) in [6.45, 7) is 1.54. The molecule has 0 saturated carbocycles. The lowest BCUT2D eigenvalue weighted by Crippen LogP contribution is -2.15. The lowest BCUT2D eigenvalue weighted by Gasteiger charge is -2.09. The van der Waals surface area contributed by atoms with Crippen molar-refractivity contribution in [3.63, 3.8) is 0 Å². The second-order valence-corrected chi connectivity index (χ2v) is 3.10. The zero-order valence-electron chi connectivity index (χ0n) is 7.95. The van der Waals surface area contributed by atoms with Crippen LogP contribution >= 0.6 is 0 Å². The van der Waals surface area contributed by atoms with Gasteiger partial charge in [-0.05, 0) is 6.92 Å². The average molecular weight is 207 g/mol. The van der Waals surface area contributed by atoms with Crippen molar-refractivity contribution in [2.24, 2.45) is 0 Å². The number of carboxylic acids is 1. The van der Waals surface area contributed by atoms with E-state index in [0.717, 1.165) is 0 Å². The van der Waals surface area contributed by atoms with E-state index in [-0.39, 0.29) is 5.82 Å². The maximum Gasteiger partial charge on any atom is 0.326 e. The number of aliphatic carboxylic acids is 1. The van der Waals surface area contributed by atoms with Gasteiger partial charge in [0.2, 0.25) is 0 Å². The number of imidazole rings is 1. The van der Waals surface area contributed by atoms with Crippen molar-refractivity contribution < 1.29 is 9.90 Å². The molecular weight excluding hydrogens is 198 g/mol. The second-order valence-electron chi connectivity index (χ2n) is 3.10. The van der Waals surface area contributed by atoms with Gasteiger partial charge in [-0.2, -0.15) is 0 Å². The van der Waals surface area contributed by atoms with Gasteiger partial charge in [0.15, 0.2) is 11.5 Å². The van der Waals surface area contributed by atoms with Gasteiger partial charge in [0.1, 0.15) is 17.9 Å². The molecule has 15 heavy (non-hydrogen) atoms. The molecule has 7 heteroatoms. The van der Waals surface area contributed by atoms with Gasteiger partial charge in [0.05, 0.1) is 6.33 Å². The molecule has 0 aliphatic heterocycles. The van der Waals surface area contributed by atoms with Crippen LogP contribution in [0, 0.1) is 0 Å². The molecule has 0 aromatic carbocycles. The van der Waals surface area contributed by atoms with E-state index < -0.39 is 12.0 Å². The van der Waals surface area contributed by atoms with Crippen LogP contribution in [-0.4, -0.2) is 30.6 Å². The van der Waals surface area contributed by atoms with Gasteiger partial charge in [0.25, 0.3) is 0 Å². The third-order valence-corrected chi connectivity index (χ3v) is 2.17. The first-order chi connectivity index (χ1) is 7.11. The number of anilines is 1. The molecular formula is C8H9N5O2. The number of nitrogens with zero attached hydrogens (tertiary/aromatic N) is 4. The van der Waals surface area contributed by atoms with Crippen LogP contribution in [0.5, 0.6) is 0 Å². The first-order valence-electron chi connectivity index (χ1n) is 4.27. The van der Waals surface area contributed by atoms with Crippen molar-refractivity contribution in [2.75, 3.05) is 5.73 Å². The topological polar surface area (TPSA) is 107 Å². The molecule has 1 atom stereocenters. The van der Waals surface area contributed by atoms with Crippen LogP contribution in [0.25, 0.3) is 11.2 Å². The highest BCUT2D eigenvalue weighted by atomic mass is 16.4. The summed E-state index contributed by atoms with van der Waals surface area (Å²) in [5.41, 5.74) is 6.48. The summed E-state index contributed by atoms with van der Waals surface area (Å²) in [5, 5.41) is 8.87. The molecule has 2 heterocycles. The SMILES string of the molecule is CC(C(=O)O)n1cnc2ncnc(N)c21. The molecule has 0 bridgehead atoms. The first kappa shape index (κ1) is 9.38. The van der Waals surface area contributed by atoms with E-state index in [4.69, 9.17) is 10.8 Å². The Morgan fingerprint density at radius 3 is 2.93 bits per heavy atom. The van der Waals surface area contributed by atoms with Crippen molar-refractivity contribution in [3.05, 3.63) is 12.7 Å². The standard InChI is InChI=1S/C8H9N5O2/c1-4(8(14)15)13-3-12-7-5(13)6(9)10-2-11-7/h2-4H,1H3,(H,14,15)(H2,9,10,11). The number of rotatable bonds is 2. The van der Waals surface area contributed by atoms with Crippen molar-refractivity contribution >= 4 is 23.0 Å². The number of nitrogens with two attached hydrogens (primary N) is 1. The molecule has 0 aliphatic carbocycles. The molecule has 0 saturated heterocycles. The van der Waals surface area contributed by atoms with E-state index in [0.29, 0.717) is 11.2 Å². The first-order valence-corrected chi connectivity index (χ1v) is 4.27. The highest BCUT2D eigenvalue weighted by molar-refractivity contribution is 5.84. The van der Waals surface area contributed by atoms with Crippen molar-refractivity contribution in [1.29, 1.82) is 0 Å².